The number of thiocarbonyl (C=S) groups is 1. The van der Waals surface area contributed by atoms with E-state index in [0.29, 0.717) is 11.3 Å². The van der Waals surface area contributed by atoms with Crippen LogP contribution in [0.5, 0.6) is 0 Å². The number of hydrogen-bond donors (Lipinski definition) is 3. The van der Waals surface area contributed by atoms with Crippen LogP contribution in [0.15, 0.2) is 24.3 Å². The first-order chi connectivity index (χ1) is 8.04. The van der Waals surface area contributed by atoms with Crippen molar-refractivity contribution in [3.8, 4) is 0 Å². The number of nitrogens with one attached hydrogen (secondary N) is 2. The van der Waals surface area contributed by atoms with Gasteiger partial charge in [-0.2, -0.15) is 0 Å². The zero-order valence-electron chi connectivity index (χ0n) is 9.99. The second kappa shape index (κ2) is 6.20. The standard InChI is InChI=1S/C12H17N3OS/c1-3-8(2)14-11(16)9-6-4-5-7-10(9)15-12(13)17/h4-8H,3H2,1-2H3,(H,14,16)(H3,13,15,17). The average Bonchev–Trinajstić information content (AvgIpc) is 2.28. The van der Waals surface area contributed by atoms with Gasteiger partial charge in [0.25, 0.3) is 5.91 Å². The van der Waals surface area contributed by atoms with Crippen molar-refractivity contribution in [2.24, 2.45) is 5.73 Å². The summed E-state index contributed by atoms with van der Waals surface area (Å²) in [5.74, 6) is -0.126. The van der Waals surface area contributed by atoms with Gasteiger partial charge in [-0.15, -0.1) is 0 Å². The molecule has 0 spiro atoms. The Morgan fingerprint density at radius 2 is 2.12 bits per heavy atom. The minimum Gasteiger partial charge on any atom is -0.376 e. The molecule has 17 heavy (non-hydrogen) atoms. The Kier molecular flexibility index (Phi) is 4.90. The van der Waals surface area contributed by atoms with Crippen LogP contribution in [0.2, 0.25) is 0 Å². The maximum absolute atomic E-state index is 12.0. The largest absolute Gasteiger partial charge is 0.376 e. The molecular formula is C12H17N3OS. The van der Waals surface area contributed by atoms with Crippen molar-refractivity contribution in [3.63, 3.8) is 0 Å². The van der Waals surface area contributed by atoms with Gasteiger partial charge in [0.1, 0.15) is 0 Å². The predicted molar refractivity (Wildman–Crippen MR) is 74.1 cm³/mol. The van der Waals surface area contributed by atoms with Crippen LogP contribution < -0.4 is 16.4 Å². The van der Waals surface area contributed by atoms with Crippen molar-refractivity contribution in [1.29, 1.82) is 0 Å². The Balaban J connectivity index is 2.88. The summed E-state index contributed by atoms with van der Waals surface area (Å²) in [6.07, 6.45) is 0.886. The molecule has 1 unspecified atom stereocenters. The monoisotopic (exact) mass is 251 g/mol. The molecule has 1 atom stereocenters. The molecule has 0 aliphatic heterocycles. The summed E-state index contributed by atoms with van der Waals surface area (Å²) in [4.78, 5) is 12.0. The van der Waals surface area contributed by atoms with Gasteiger partial charge in [0, 0.05) is 6.04 Å². The summed E-state index contributed by atoms with van der Waals surface area (Å²) in [7, 11) is 0. The van der Waals surface area contributed by atoms with E-state index in [1.54, 1.807) is 18.2 Å². The fraction of sp³-hybridized carbons (Fsp3) is 0.333. The van der Waals surface area contributed by atoms with Gasteiger partial charge >= 0.3 is 0 Å². The first-order valence-corrected chi connectivity index (χ1v) is 5.91. The second-order valence-corrected chi connectivity index (χ2v) is 4.26. The third kappa shape index (κ3) is 4.03. The van der Waals surface area contributed by atoms with Crippen LogP contribution in [0.25, 0.3) is 0 Å². The van der Waals surface area contributed by atoms with Crippen LogP contribution in [0.3, 0.4) is 0 Å². The Hall–Kier alpha value is -1.62. The number of carbonyl (C=O) groups is 1. The molecule has 0 fully saturated rings. The number of carbonyl (C=O) groups excluding carboxylic acids is 1. The van der Waals surface area contributed by atoms with Gasteiger partial charge in [0.15, 0.2) is 5.11 Å². The molecule has 92 valence electrons. The van der Waals surface area contributed by atoms with Crippen LogP contribution in [-0.2, 0) is 0 Å². The van der Waals surface area contributed by atoms with Gasteiger partial charge < -0.3 is 16.4 Å². The van der Waals surface area contributed by atoms with Crippen molar-refractivity contribution in [2.75, 3.05) is 5.32 Å². The summed E-state index contributed by atoms with van der Waals surface area (Å²) in [5.41, 5.74) is 6.58. The normalized spacial score (nSPS) is 11.6. The first-order valence-electron chi connectivity index (χ1n) is 5.51. The topological polar surface area (TPSA) is 67.2 Å². The summed E-state index contributed by atoms with van der Waals surface area (Å²) < 4.78 is 0. The highest BCUT2D eigenvalue weighted by atomic mass is 32.1. The van der Waals surface area contributed by atoms with E-state index in [0.717, 1.165) is 6.42 Å². The second-order valence-electron chi connectivity index (χ2n) is 3.82. The van der Waals surface area contributed by atoms with Crippen molar-refractivity contribution < 1.29 is 4.79 Å². The maximum Gasteiger partial charge on any atom is 0.253 e. The van der Waals surface area contributed by atoms with Crippen LogP contribution >= 0.6 is 12.2 Å². The molecule has 0 saturated carbocycles. The summed E-state index contributed by atoms with van der Waals surface area (Å²) in [6.45, 7) is 3.98. The van der Waals surface area contributed by atoms with E-state index in [4.69, 9.17) is 18.0 Å². The lowest BCUT2D eigenvalue weighted by Gasteiger charge is -2.14. The van der Waals surface area contributed by atoms with Gasteiger partial charge in [-0.05, 0) is 37.7 Å². The lowest BCUT2D eigenvalue weighted by atomic mass is 10.1. The minimum absolute atomic E-state index is 0.126. The molecule has 5 heteroatoms. The fourth-order valence-electron chi connectivity index (χ4n) is 1.33. The molecular weight excluding hydrogens is 234 g/mol. The van der Waals surface area contributed by atoms with E-state index in [-0.39, 0.29) is 17.1 Å². The van der Waals surface area contributed by atoms with E-state index in [1.165, 1.54) is 0 Å². The lowest BCUT2D eigenvalue weighted by molar-refractivity contribution is 0.0940. The number of hydrogen-bond acceptors (Lipinski definition) is 2. The molecule has 1 aromatic carbocycles. The molecule has 1 amide bonds. The summed E-state index contributed by atoms with van der Waals surface area (Å²) >= 11 is 4.77. The molecule has 0 aliphatic rings. The maximum atomic E-state index is 12.0. The lowest BCUT2D eigenvalue weighted by Crippen LogP contribution is -2.33. The molecule has 0 radical (unpaired) electrons. The first kappa shape index (κ1) is 13.4. The zero-order chi connectivity index (χ0) is 12.8. The number of para-hydroxylation sites is 1. The number of amides is 1. The highest BCUT2D eigenvalue weighted by molar-refractivity contribution is 7.80. The van der Waals surface area contributed by atoms with Crippen LogP contribution in [0, 0.1) is 0 Å². The zero-order valence-corrected chi connectivity index (χ0v) is 10.8. The van der Waals surface area contributed by atoms with Crippen molar-refractivity contribution in [1.82, 2.24) is 5.32 Å². The molecule has 0 bridgehead atoms. The van der Waals surface area contributed by atoms with Crippen molar-refractivity contribution in [3.05, 3.63) is 29.8 Å². The van der Waals surface area contributed by atoms with E-state index >= 15 is 0 Å². The minimum atomic E-state index is -0.126. The molecule has 0 aliphatic carbocycles. The molecule has 0 heterocycles. The van der Waals surface area contributed by atoms with Gasteiger partial charge in [0.2, 0.25) is 0 Å². The molecule has 4 N–H and O–H groups in total. The molecule has 0 aromatic heterocycles. The summed E-state index contributed by atoms with van der Waals surface area (Å²) in [5, 5.41) is 5.84. The van der Waals surface area contributed by atoms with Gasteiger partial charge in [-0.3, -0.25) is 4.79 Å². The predicted octanol–water partition coefficient (Wildman–Crippen LogP) is 1.87. The van der Waals surface area contributed by atoms with E-state index < -0.39 is 0 Å². The molecule has 4 nitrogen and oxygen atoms in total. The van der Waals surface area contributed by atoms with E-state index in [1.807, 2.05) is 19.9 Å². The van der Waals surface area contributed by atoms with Gasteiger partial charge in [0.05, 0.1) is 11.3 Å². The van der Waals surface area contributed by atoms with Gasteiger partial charge in [-0.1, -0.05) is 19.1 Å². The van der Waals surface area contributed by atoms with Crippen molar-refractivity contribution in [2.45, 2.75) is 26.3 Å². The Bertz CT molecular complexity index is 420. The van der Waals surface area contributed by atoms with Crippen LogP contribution in [0.1, 0.15) is 30.6 Å². The molecule has 0 saturated heterocycles. The quantitative estimate of drug-likeness (QED) is 0.715. The fourth-order valence-corrected chi connectivity index (χ4v) is 1.44. The smallest absolute Gasteiger partial charge is 0.253 e. The summed E-state index contributed by atoms with van der Waals surface area (Å²) in [6, 6.07) is 7.26. The van der Waals surface area contributed by atoms with Crippen LogP contribution in [0.4, 0.5) is 5.69 Å². The van der Waals surface area contributed by atoms with Gasteiger partial charge in [-0.25, -0.2) is 0 Å². The number of rotatable bonds is 4. The molecule has 1 aromatic rings. The SMILES string of the molecule is CCC(C)NC(=O)c1ccccc1NC(N)=S. The van der Waals surface area contributed by atoms with Crippen LogP contribution in [-0.4, -0.2) is 17.1 Å². The van der Waals surface area contributed by atoms with Crippen molar-refractivity contribution >= 4 is 28.9 Å². The number of benzene rings is 1. The third-order valence-electron chi connectivity index (χ3n) is 2.42. The highest BCUT2D eigenvalue weighted by Crippen LogP contribution is 2.14. The Morgan fingerprint density at radius 1 is 1.47 bits per heavy atom. The average molecular weight is 251 g/mol. The Morgan fingerprint density at radius 3 is 2.71 bits per heavy atom. The number of anilines is 1. The van der Waals surface area contributed by atoms with E-state index in [2.05, 4.69) is 10.6 Å². The highest BCUT2D eigenvalue weighted by Gasteiger charge is 2.12. The molecule has 1 rings (SSSR count). The Labute approximate surface area is 107 Å². The number of nitrogens with two attached hydrogens (primary N) is 1. The van der Waals surface area contributed by atoms with E-state index in [9.17, 15) is 4.79 Å². The third-order valence-corrected chi connectivity index (χ3v) is 2.52.